The molecule has 2 aliphatic rings. The van der Waals surface area contributed by atoms with Crippen molar-refractivity contribution in [2.75, 3.05) is 0 Å². The maximum Gasteiger partial charge on any atom is 0.429 e. The van der Waals surface area contributed by atoms with Crippen LogP contribution < -0.4 is 0 Å². The van der Waals surface area contributed by atoms with Gasteiger partial charge in [-0.1, -0.05) is 26.3 Å². The third-order valence-corrected chi connectivity index (χ3v) is 11.2. The highest BCUT2D eigenvalue weighted by molar-refractivity contribution is 6.70. The van der Waals surface area contributed by atoms with E-state index in [1.54, 1.807) is 0 Å². The quantitative estimate of drug-likeness (QED) is 0.122. The smallest absolute Gasteiger partial charge is 0.413 e. The SMILES string of the molecule is CC(C)(CCCC(C)(CC=CC(O[Si](C)(C)C)(C(F)(F)F)C(F)(F)F)C1CCC2C(=O)CCC[C@@]21C)O[Si](C)(C)C. The molecule has 0 saturated heterocycles. The van der Waals surface area contributed by atoms with Crippen LogP contribution in [-0.4, -0.2) is 46.0 Å². The maximum atomic E-state index is 14.2. The number of hydrogen-bond donors (Lipinski definition) is 0. The molecule has 2 fully saturated rings. The van der Waals surface area contributed by atoms with Crippen molar-refractivity contribution in [3.05, 3.63) is 12.2 Å². The largest absolute Gasteiger partial charge is 0.429 e. The van der Waals surface area contributed by atoms with Crippen LogP contribution in [0.15, 0.2) is 12.2 Å². The fourth-order valence-electron chi connectivity index (χ4n) is 7.77. The molecule has 0 radical (unpaired) electrons. The van der Waals surface area contributed by atoms with Crippen LogP contribution >= 0.6 is 0 Å². The summed E-state index contributed by atoms with van der Waals surface area (Å²) in [6.45, 7) is 18.5. The molecule has 11 heteroatoms. The second-order valence-corrected chi connectivity index (χ2v) is 24.4. The van der Waals surface area contributed by atoms with E-state index in [0.29, 0.717) is 19.3 Å². The van der Waals surface area contributed by atoms with Gasteiger partial charge < -0.3 is 8.85 Å². The van der Waals surface area contributed by atoms with Crippen molar-refractivity contribution in [1.29, 1.82) is 0 Å². The van der Waals surface area contributed by atoms with Gasteiger partial charge in [0.25, 0.3) is 5.60 Å². The van der Waals surface area contributed by atoms with Gasteiger partial charge in [0.15, 0.2) is 16.6 Å². The predicted molar refractivity (Wildman–Crippen MR) is 157 cm³/mol. The van der Waals surface area contributed by atoms with Gasteiger partial charge in [-0.15, -0.1) is 0 Å². The van der Waals surface area contributed by atoms with E-state index in [2.05, 4.69) is 26.6 Å². The van der Waals surface area contributed by atoms with E-state index < -0.39 is 45.6 Å². The van der Waals surface area contributed by atoms with E-state index in [-0.39, 0.29) is 35.5 Å². The zero-order valence-corrected chi connectivity index (χ0v) is 28.7. The van der Waals surface area contributed by atoms with Gasteiger partial charge in [0.1, 0.15) is 5.78 Å². The lowest BCUT2D eigenvalue weighted by Gasteiger charge is -2.48. The third kappa shape index (κ3) is 8.72. The lowest BCUT2D eigenvalue weighted by Crippen LogP contribution is -2.61. The Labute approximate surface area is 245 Å². The number of carbonyl (C=O) groups is 1. The second-order valence-electron chi connectivity index (χ2n) is 15.5. The minimum Gasteiger partial charge on any atom is -0.413 e. The molecule has 0 aliphatic heterocycles. The number of ketones is 1. The molecular weight excluding hydrogens is 578 g/mol. The molecule has 0 N–H and O–H groups in total. The van der Waals surface area contributed by atoms with Crippen molar-refractivity contribution in [3.63, 3.8) is 0 Å². The summed E-state index contributed by atoms with van der Waals surface area (Å²) in [5.41, 5.74) is -5.67. The van der Waals surface area contributed by atoms with Crippen molar-refractivity contribution in [1.82, 2.24) is 0 Å². The van der Waals surface area contributed by atoms with Gasteiger partial charge in [-0.25, -0.2) is 0 Å². The molecule has 2 rings (SSSR count). The summed E-state index contributed by atoms with van der Waals surface area (Å²) in [6.07, 6.45) is -4.38. The van der Waals surface area contributed by atoms with Crippen molar-refractivity contribution < 1.29 is 40.0 Å². The maximum absolute atomic E-state index is 14.2. The molecule has 2 aliphatic carbocycles. The first-order valence-electron chi connectivity index (χ1n) is 14.9. The molecule has 0 bridgehead atoms. The fourth-order valence-corrected chi connectivity index (χ4v) is 10.8. The van der Waals surface area contributed by atoms with E-state index >= 15 is 0 Å². The van der Waals surface area contributed by atoms with Crippen LogP contribution in [0, 0.1) is 22.7 Å². The zero-order chi connectivity index (χ0) is 31.9. The van der Waals surface area contributed by atoms with Crippen LogP contribution in [-0.2, 0) is 13.6 Å². The van der Waals surface area contributed by atoms with Gasteiger partial charge in [0.2, 0.25) is 0 Å². The molecule has 0 aromatic carbocycles. The molecule has 2 saturated carbocycles. The fraction of sp³-hybridized carbons (Fsp3) is 0.900. The molecular formula is C30H52F6O3Si2. The van der Waals surface area contributed by atoms with Gasteiger partial charge in [0, 0.05) is 12.3 Å². The van der Waals surface area contributed by atoms with Crippen LogP contribution in [0.5, 0.6) is 0 Å². The molecule has 240 valence electrons. The van der Waals surface area contributed by atoms with E-state index in [4.69, 9.17) is 8.85 Å². The number of alkyl halides is 6. The molecule has 0 spiro atoms. The number of carbonyl (C=O) groups excluding carboxylic acids is 1. The highest BCUT2D eigenvalue weighted by atomic mass is 28.4. The van der Waals surface area contributed by atoms with Gasteiger partial charge >= 0.3 is 12.4 Å². The Hall–Kier alpha value is -0.656. The van der Waals surface area contributed by atoms with Crippen LogP contribution in [0.1, 0.15) is 85.5 Å². The topological polar surface area (TPSA) is 35.5 Å². The van der Waals surface area contributed by atoms with Gasteiger partial charge in [-0.2, -0.15) is 26.3 Å². The van der Waals surface area contributed by atoms with Gasteiger partial charge in [-0.05, 0) is 121 Å². The molecule has 3 unspecified atom stereocenters. The number of hydrogen-bond acceptors (Lipinski definition) is 3. The Balaban J connectivity index is 2.48. The van der Waals surface area contributed by atoms with Crippen LogP contribution in [0.25, 0.3) is 0 Å². The number of halogens is 6. The highest BCUT2D eigenvalue weighted by Gasteiger charge is 2.71. The van der Waals surface area contributed by atoms with Crippen molar-refractivity contribution in [2.45, 2.75) is 148 Å². The molecule has 3 nitrogen and oxygen atoms in total. The molecule has 4 atom stereocenters. The summed E-state index contributed by atoms with van der Waals surface area (Å²) >= 11 is 0. The highest BCUT2D eigenvalue weighted by Crippen LogP contribution is 2.62. The minimum atomic E-state index is -5.67. The van der Waals surface area contributed by atoms with Crippen molar-refractivity contribution >= 4 is 22.4 Å². The first-order valence-corrected chi connectivity index (χ1v) is 21.7. The average molecular weight is 631 g/mol. The van der Waals surface area contributed by atoms with Gasteiger partial charge in [-0.3, -0.25) is 4.79 Å². The second kappa shape index (κ2) is 12.0. The number of fused-ring (bicyclic) bond motifs is 1. The Morgan fingerprint density at radius 1 is 0.878 bits per heavy atom. The van der Waals surface area contributed by atoms with E-state index in [1.165, 1.54) is 19.6 Å². The van der Waals surface area contributed by atoms with Crippen molar-refractivity contribution in [3.8, 4) is 0 Å². The molecule has 41 heavy (non-hydrogen) atoms. The van der Waals surface area contributed by atoms with Crippen LogP contribution in [0.2, 0.25) is 39.3 Å². The summed E-state index contributed by atoms with van der Waals surface area (Å²) in [4.78, 5) is 12.8. The first kappa shape index (κ1) is 36.5. The van der Waals surface area contributed by atoms with E-state index in [1.807, 2.05) is 20.8 Å². The van der Waals surface area contributed by atoms with E-state index in [0.717, 1.165) is 38.2 Å². The Bertz CT molecular complexity index is 934. The Kier molecular flexibility index (Phi) is 10.7. The minimum absolute atomic E-state index is 0.000922. The average Bonchev–Trinajstić information content (AvgIpc) is 3.07. The number of rotatable bonds is 12. The third-order valence-electron chi connectivity index (χ3n) is 9.06. The molecule has 0 amide bonds. The van der Waals surface area contributed by atoms with Gasteiger partial charge in [0.05, 0.1) is 5.60 Å². The lowest BCUT2D eigenvalue weighted by molar-refractivity contribution is -0.340. The van der Waals surface area contributed by atoms with Crippen LogP contribution in [0.3, 0.4) is 0 Å². The molecule has 0 aromatic heterocycles. The predicted octanol–water partition coefficient (Wildman–Crippen LogP) is 10.2. The summed E-state index contributed by atoms with van der Waals surface area (Å²) < 4.78 is 96.4. The first-order chi connectivity index (χ1) is 18.2. The van der Waals surface area contributed by atoms with E-state index in [9.17, 15) is 31.1 Å². The molecule has 0 heterocycles. The van der Waals surface area contributed by atoms with Crippen molar-refractivity contribution in [2.24, 2.45) is 22.7 Å². The summed E-state index contributed by atoms with van der Waals surface area (Å²) in [5, 5.41) is 0. The normalized spacial score (nSPS) is 26.9. The summed E-state index contributed by atoms with van der Waals surface area (Å²) in [5.74, 6) is 0.135. The number of allylic oxidation sites excluding steroid dienone is 1. The lowest BCUT2D eigenvalue weighted by atomic mass is 9.56. The molecule has 0 aromatic rings. The van der Waals surface area contributed by atoms with Crippen LogP contribution in [0.4, 0.5) is 26.3 Å². The standard InChI is InChI=1S/C30H52F6O3Si2/c1-25(2,38-40(5,6)7)17-12-18-26(3,24-16-15-22-23(37)14-11-20-27(22,24)4)19-13-21-28(29(31,32)33,30(34,35)36)39-41(8,9)10/h13,21-22,24H,11-12,14-20H2,1-10H3/t22?,24?,26?,27-/m0/s1. The monoisotopic (exact) mass is 630 g/mol. The summed E-state index contributed by atoms with van der Waals surface area (Å²) in [7, 11) is -5.10. The Morgan fingerprint density at radius 3 is 1.90 bits per heavy atom. The number of Topliss-reactive ketones (excluding diaryl/α,β-unsaturated/α-hetero) is 1. The zero-order valence-electron chi connectivity index (χ0n) is 26.7. The Morgan fingerprint density at radius 2 is 1.41 bits per heavy atom. The summed E-state index contributed by atoms with van der Waals surface area (Å²) in [6, 6.07) is 0.